The van der Waals surface area contributed by atoms with E-state index >= 15 is 14.4 Å². The Balaban J connectivity index is 0.0000184. The number of phenols is 1. The number of fused-ring (bicyclic) bond motifs is 1. The van der Waals surface area contributed by atoms with Crippen LogP contribution in [0.15, 0.2) is 85.1 Å². The summed E-state index contributed by atoms with van der Waals surface area (Å²) in [7, 11) is 1.64. The van der Waals surface area contributed by atoms with Gasteiger partial charge in [-0.15, -0.1) is 0 Å². The fraction of sp³-hybridized carbons (Fsp3) is 0.508. The van der Waals surface area contributed by atoms with Gasteiger partial charge in [0.1, 0.15) is 48.0 Å². The second kappa shape index (κ2) is 42.4. The topological polar surface area (TPSA) is 506 Å². The number of aliphatic hydroxyl groups excluding tert-OH is 2. The number of hydrogen-bond donors (Lipinski definition) is 14. The Morgan fingerprint density at radius 1 is 0.604 bits per heavy atom. The van der Waals surface area contributed by atoms with Gasteiger partial charge < -0.3 is 103 Å². The van der Waals surface area contributed by atoms with Gasteiger partial charge in [0.05, 0.1) is 36.7 Å². The zero-order chi connectivity index (χ0) is 73.0. The normalized spacial score (nSPS) is 21.7. The molecule has 0 radical (unpaired) electrons. The minimum atomic E-state index is -1.91. The van der Waals surface area contributed by atoms with Crippen molar-refractivity contribution in [1.82, 2.24) is 67.1 Å². The first-order valence-electron chi connectivity index (χ1n) is 32.5. The Morgan fingerprint density at radius 3 is 1.66 bits per heavy atom. The van der Waals surface area contributed by atoms with Crippen LogP contribution >= 0.6 is 21.6 Å². The molecule has 101 heavy (non-hydrogen) atoms. The van der Waals surface area contributed by atoms with Crippen LogP contribution in [0, 0.1) is 0 Å². The van der Waals surface area contributed by atoms with E-state index in [0.717, 1.165) is 35.4 Å². The Bertz CT molecular complexity index is 3420. The number of amides is 8. The summed E-state index contributed by atoms with van der Waals surface area (Å²) in [6.45, 7) is 0.342. The van der Waals surface area contributed by atoms with E-state index < -0.39 is 169 Å². The zero-order valence-corrected chi connectivity index (χ0v) is 60.8. The van der Waals surface area contributed by atoms with Crippen LogP contribution < -0.4 is 63.6 Å². The van der Waals surface area contributed by atoms with Crippen LogP contribution in [0.4, 0.5) is 0 Å². The van der Waals surface area contributed by atoms with Crippen molar-refractivity contribution in [3.63, 3.8) is 0 Å². The van der Waals surface area contributed by atoms with E-state index in [9.17, 15) is 78.9 Å². The average Bonchev–Trinajstić information content (AvgIpc) is 1.75. The Labute approximate surface area is 609 Å². The summed E-state index contributed by atoms with van der Waals surface area (Å²) in [5, 5.41) is 98.5. The maximum Gasteiger partial charge on any atom is 3.00 e. The first kappa shape index (κ1) is 83.6. The van der Waals surface area contributed by atoms with E-state index in [1.165, 1.54) is 39.0 Å². The predicted molar refractivity (Wildman–Crippen MR) is 365 cm³/mol. The van der Waals surface area contributed by atoms with Gasteiger partial charge in [0.15, 0.2) is 6.04 Å². The summed E-state index contributed by atoms with van der Waals surface area (Å²) in [5.41, 5.74) is 7.92. The molecule has 546 valence electrons. The van der Waals surface area contributed by atoms with Gasteiger partial charge >= 0.3 is 31.8 Å². The number of rotatable bonds is 26. The molecule has 15 N–H and O–H groups in total. The monoisotopic (exact) mass is 1550 g/mol. The molecule has 1 aromatic heterocycles. The van der Waals surface area contributed by atoms with Gasteiger partial charge in [0.2, 0.25) is 47.3 Å². The van der Waals surface area contributed by atoms with Gasteiger partial charge in [-0.05, 0) is 74.5 Å². The number of hydrogen-bond acceptors (Lipinski definition) is 25. The number of aliphatic carboxylic acids is 4. The summed E-state index contributed by atoms with van der Waals surface area (Å²) in [6, 6.07) is 7.74. The number of aromatic nitrogens is 1. The number of nitrogens with one attached hydrogen (secondary N) is 9. The fourth-order valence-electron chi connectivity index (χ4n) is 11.1. The molecule has 2 aliphatic heterocycles. The van der Waals surface area contributed by atoms with E-state index in [0.29, 0.717) is 34.0 Å². The van der Waals surface area contributed by atoms with E-state index in [1.54, 1.807) is 65.7 Å². The summed E-state index contributed by atoms with van der Waals surface area (Å²) < 4.78 is 0. The van der Waals surface area contributed by atoms with Crippen molar-refractivity contribution in [2.24, 2.45) is 5.73 Å². The number of aliphatic hydroxyl groups is 2. The summed E-state index contributed by atoms with van der Waals surface area (Å²) in [4.78, 5) is 175. The molecule has 0 bridgehead atoms. The van der Waals surface area contributed by atoms with E-state index in [-0.39, 0.29) is 123 Å². The quantitative estimate of drug-likeness (QED) is 0.0205. The van der Waals surface area contributed by atoms with Gasteiger partial charge in [-0.1, -0.05) is 82.3 Å². The molecule has 3 aromatic carbocycles. The van der Waals surface area contributed by atoms with Crippen molar-refractivity contribution in [3.8, 4) is 5.75 Å². The number of nitrogens with two attached hydrogens (primary N) is 1. The van der Waals surface area contributed by atoms with Crippen molar-refractivity contribution in [1.29, 1.82) is 0 Å². The van der Waals surface area contributed by atoms with Crippen LogP contribution in [0.25, 0.3) is 10.9 Å². The van der Waals surface area contributed by atoms with E-state index in [2.05, 4.69) is 47.5 Å². The molecule has 0 unspecified atom stereocenters. The van der Waals surface area contributed by atoms with Crippen LogP contribution in [0.1, 0.15) is 49.8 Å². The number of unbranched alkanes of at least 4 members (excludes halogenated alkanes) is 1. The number of carboxylic acid groups (broad SMARTS) is 4. The minimum Gasteiger partial charge on any atom is -0.549 e. The number of benzene rings is 3. The molecule has 0 spiro atoms. The van der Waals surface area contributed by atoms with Gasteiger partial charge in [0, 0.05) is 120 Å². The van der Waals surface area contributed by atoms with Crippen molar-refractivity contribution in [2.75, 3.05) is 96.6 Å². The summed E-state index contributed by atoms with van der Waals surface area (Å²) in [5.74, 6) is -14.9. The second-order valence-corrected chi connectivity index (χ2v) is 27.0. The van der Waals surface area contributed by atoms with Crippen LogP contribution in [0.5, 0.6) is 5.75 Å². The standard InChI is InChI=1S/C65H90N14O19S2.In/c1-38(80)56-64(96)73-51(63(95)75-57(39(2)81)65(97)98)37-100-99-36-50(72-59(91)47(28-40-10-4-3-5-11-40)68-52(83)32-76-20-22-77(33-53(84)85)24-26-79(35-55(88)89)27-25-78(23-21-76)34-54(86)87)62(94)70-48(29-41-15-17-43(82)18-16-41)60(92)71-49(30-42-31-67-45-13-7-6-12-44(42)45)61(93)69-46(58(90)74-56)14-8-9-19-66;/h3-7,10-13,15-18,31,38-39,46-51,56-57,67,80-82H,8-9,14,19-30,32-37,66H2,1-2H3,(H,68,83)(H,69,93)(H,70,94)(H,71,92)(H,72,91)(H,73,96)(H,74,90)(H,75,95)(H,84,85)(H,86,87)(H,88,89)(H,97,98);/q;+3/p-3/t38-,39-,46+,47-,48+,49-,50+,51+,56+,57+;/m1./s1. The van der Waals surface area contributed by atoms with Gasteiger partial charge in [-0.2, -0.15) is 0 Å². The van der Waals surface area contributed by atoms with Crippen molar-refractivity contribution in [3.05, 3.63) is 102 Å². The van der Waals surface area contributed by atoms with Gasteiger partial charge in [0.25, 0.3) is 0 Å². The molecule has 0 aliphatic carbocycles. The number of carboxylic acids is 4. The number of aromatic hydroxyl groups is 1. The zero-order valence-electron chi connectivity index (χ0n) is 55.9. The second-order valence-electron chi connectivity index (χ2n) is 24.4. The molecule has 0 saturated carbocycles. The molecule has 10 atom stereocenters. The number of nitrogens with zero attached hydrogens (tertiary/aromatic N) is 4. The van der Waals surface area contributed by atoms with Crippen molar-refractivity contribution >= 4 is 129 Å². The third-order valence-corrected chi connectivity index (χ3v) is 19.0. The van der Waals surface area contributed by atoms with Crippen molar-refractivity contribution < 1.29 is 93.3 Å². The van der Waals surface area contributed by atoms with Crippen LogP contribution in [0.2, 0.25) is 0 Å². The van der Waals surface area contributed by atoms with Gasteiger partial charge in [-0.25, -0.2) is 4.79 Å². The predicted octanol–water partition coefficient (Wildman–Crippen LogP) is -7.76. The smallest absolute Gasteiger partial charge is 0.549 e. The molecular weight excluding hydrogens is 1460 g/mol. The molecule has 8 amide bonds. The maximum absolute atomic E-state index is 15.3. The maximum atomic E-state index is 15.3. The molecule has 2 saturated heterocycles. The molecule has 3 heterocycles. The van der Waals surface area contributed by atoms with Crippen molar-refractivity contribution in [2.45, 2.75) is 113 Å². The first-order chi connectivity index (χ1) is 47.7. The third-order valence-electron chi connectivity index (χ3n) is 16.5. The minimum absolute atomic E-state index is 0. The van der Waals surface area contributed by atoms with Gasteiger partial charge in [-0.3, -0.25) is 58.0 Å². The number of carbonyl (C=O) groups is 12. The third kappa shape index (κ3) is 28.4. The number of para-hydroxylation sites is 1. The molecular formula is C65H87InN14O19S2. The molecule has 6 rings (SSSR count). The van der Waals surface area contributed by atoms with E-state index in [4.69, 9.17) is 5.73 Å². The molecule has 4 aromatic rings. The largest absolute Gasteiger partial charge is 3.00 e. The molecule has 2 aliphatic rings. The number of carbonyl (C=O) groups excluding carboxylic acids is 11. The molecule has 2 fully saturated rings. The Morgan fingerprint density at radius 2 is 1.12 bits per heavy atom. The average molecular weight is 1550 g/mol. The molecule has 33 nitrogen and oxygen atoms in total. The summed E-state index contributed by atoms with van der Waals surface area (Å²) >= 11 is 0. The fourth-order valence-corrected chi connectivity index (χ4v) is 13.4. The van der Waals surface area contributed by atoms with E-state index in [1.807, 2.05) is 0 Å². The number of H-pyrrole nitrogens is 1. The first-order valence-corrected chi connectivity index (χ1v) is 35.0. The van der Waals surface area contributed by atoms with Crippen LogP contribution in [0.3, 0.4) is 0 Å². The van der Waals surface area contributed by atoms with Crippen LogP contribution in [-0.2, 0) is 76.8 Å². The number of phenolic OH excluding ortho intramolecular Hbond substituents is 1. The number of aromatic amines is 1. The van der Waals surface area contributed by atoms with Crippen LogP contribution in [-0.4, -0.2) is 299 Å². The Hall–Kier alpha value is -8.07. The Kier molecular flexibility index (Phi) is 35.1. The molecule has 36 heteroatoms. The SMILES string of the molecule is C[C@@H](O)[C@H](NC(=O)[C@@H]1CSSC[C@H](NC(=O)[C@@H](Cc2ccccc2)NC(=O)CN2CCN(CC(=O)[O-])CCN(CC(=O)[O-])CCN(CC(=O)[O-])CC2)C(=O)N[C@@H](Cc2ccc(O)cc2)C(=O)N[C@H](Cc2c[nH]c3ccccc23)C(=O)N[C@@H](CCCCN)C(=O)N[C@@H]([C@@H](C)O)C(=O)N1)C(=O)O.[In+3]. The summed E-state index contributed by atoms with van der Waals surface area (Å²) in [6.07, 6.45) is -1.98.